The number of hydrogen-bond acceptors (Lipinski definition) is 0. The van der Waals surface area contributed by atoms with Crippen LogP contribution in [0.3, 0.4) is 0 Å². The maximum absolute atomic E-state index is 2.48. The summed E-state index contributed by atoms with van der Waals surface area (Å²) in [6.45, 7) is 9.51. The Hall–Kier alpha value is 0.354. The van der Waals surface area contributed by atoms with Crippen molar-refractivity contribution < 1.29 is 41.6 Å². The van der Waals surface area contributed by atoms with Gasteiger partial charge in [-0.1, -0.05) is 0 Å². The van der Waals surface area contributed by atoms with Gasteiger partial charge in [0.05, 0.1) is 0 Å². The zero-order valence-corrected chi connectivity index (χ0v) is 15.3. The van der Waals surface area contributed by atoms with Crippen molar-refractivity contribution in [2.75, 3.05) is 0 Å². The summed E-state index contributed by atoms with van der Waals surface area (Å²) in [5, 5.41) is 0. The molecule has 96 valence electrons. The van der Waals surface area contributed by atoms with Crippen LogP contribution in [0.5, 0.6) is 0 Å². The van der Waals surface area contributed by atoms with Crippen molar-refractivity contribution in [1.29, 1.82) is 0 Å². The summed E-state index contributed by atoms with van der Waals surface area (Å²) in [6, 6.07) is 0. The smallest absolute Gasteiger partial charge is 1.00 e. The first-order valence-corrected chi connectivity index (χ1v) is 9.46. The Balaban J connectivity index is 0.00000162. The van der Waals surface area contributed by atoms with Gasteiger partial charge in [-0.05, 0) is 0 Å². The summed E-state index contributed by atoms with van der Waals surface area (Å²) in [6.07, 6.45) is 18.9. The van der Waals surface area contributed by atoms with Gasteiger partial charge in [0, 0.05) is 0 Å². The topological polar surface area (TPSA) is 0 Å². The zero-order valence-electron chi connectivity index (χ0n) is 11.7. The molecule has 0 radical (unpaired) electrons. The SMILES string of the molecule is CC(C)[C]1([Y+][C]2(C(C)C)C=CC=C2)C=CC=C1.[Cl-]. The molecule has 0 aromatic heterocycles. The van der Waals surface area contributed by atoms with Gasteiger partial charge < -0.3 is 12.4 Å². The van der Waals surface area contributed by atoms with Crippen molar-refractivity contribution in [3.05, 3.63) is 48.6 Å². The molecule has 18 heavy (non-hydrogen) atoms. The van der Waals surface area contributed by atoms with Gasteiger partial charge in [-0.15, -0.1) is 0 Å². The van der Waals surface area contributed by atoms with Crippen LogP contribution >= 0.6 is 0 Å². The molecule has 0 saturated heterocycles. The number of halogens is 1. The first kappa shape index (κ1) is 16.4. The van der Waals surface area contributed by atoms with E-state index in [2.05, 4.69) is 76.3 Å². The van der Waals surface area contributed by atoms with Crippen LogP contribution in [0, 0.1) is 11.8 Å². The van der Waals surface area contributed by atoms with Gasteiger partial charge in [-0.25, -0.2) is 0 Å². The predicted octanol–water partition coefficient (Wildman–Crippen LogP) is 1.95. The fraction of sp³-hybridized carbons (Fsp3) is 0.500. The van der Waals surface area contributed by atoms with Crippen LogP contribution in [0.2, 0.25) is 4.45 Å². The quantitative estimate of drug-likeness (QED) is 0.735. The largest absolute Gasteiger partial charge is 1.00 e. The Morgan fingerprint density at radius 2 is 0.944 bits per heavy atom. The van der Waals surface area contributed by atoms with Crippen molar-refractivity contribution >= 4 is 0 Å². The molecular formula is C16H22ClY. The number of hydrogen-bond donors (Lipinski definition) is 0. The van der Waals surface area contributed by atoms with Crippen LogP contribution in [0.4, 0.5) is 0 Å². The molecule has 0 heterocycles. The molecule has 0 saturated carbocycles. The Morgan fingerprint density at radius 1 is 0.667 bits per heavy atom. The molecule has 0 nitrogen and oxygen atoms in total. The minimum atomic E-state index is -0.837. The second-order valence-corrected chi connectivity index (χ2v) is 11.5. The Kier molecular flexibility index (Phi) is 5.65. The summed E-state index contributed by atoms with van der Waals surface area (Å²) < 4.78 is 0.859. The van der Waals surface area contributed by atoms with E-state index < -0.39 is 29.2 Å². The molecule has 0 unspecified atom stereocenters. The third-order valence-corrected chi connectivity index (χ3v) is 11.9. The molecule has 0 bridgehead atoms. The average molecular weight is 339 g/mol. The molecule has 0 amide bonds. The van der Waals surface area contributed by atoms with Crippen LogP contribution < -0.4 is 12.4 Å². The van der Waals surface area contributed by atoms with Crippen LogP contribution in [-0.4, -0.2) is 0 Å². The van der Waals surface area contributed by atoms with E-state index in [0.717, 1.165) is 11.8 Å². The van der Waals surface area contributed by atoms with E-state index in [9.17, 15) is 0 Å². The summed E-state index contributed by atoms with van der Waals surface area (Å²) in [5.74, 6) is 1.47. The van der Waals surface area contributed by atoms with Crippen molar-refractivity contribution in [3.8, 4) is 0 Å². The minimum absolute atomic E-state index is 0. The normalized spacial score (nSPS) is 21.7. The van der Waals surface area contributed by atoms with Crippen molar-refractivity contribution in [3.63, 3.8) is 0 Å². The first-order chi connectivity index (χ1) is 8.01. The van der Waals surface area contributed by atoms with Crippen LogP contribution in [-0.2, 0) is 29.2 Å². The van der Waals surface area contributed by atoms with E-state index >= 15 is 0 Å². The summed E-state index contributed by atoms with van der Waals surface area (Å²) in [5.41, 5.74) is 0. The average Bonchev–Trinajstić information content (AvgIpc) is 2.88. The van der Waals surface area contributed by atoms with Gasteiger partial charge in [0.1, 0.15) is 0 Å². The van der Waals surface area contributed by atoms with Crippen LogP contribution in [0.1, 0.15) is 27.7 Å². The molecule has 0 aromatic rings. The van der Waals surface area contributed by atoms with Crippen molar-refractivity contribution in [2.45, 2.75) is 32.1 Å². The van der Waals surface area contributed by atoms with E-state index in [1.165, 1.54) is 0 Å². The monoisotopic (exact) mass is 338 g/mol. The van der Waals surface area contributed by atoms with Gasteiger partial charge in [0.25, 0.3) is 0 Å². The van der Waals surface area contributed by atoms with Gasteiger partial charge in [-0.3, -0.25) is 0 Å². The summed E-state index contributed by atoms with van der Waals surface area (Å²) >= 11 is -0.837. The van der Waals surface area contributed by atoms with E-state index in [0.29, 0.717) is 4.45 Å². The Labute approximate surface area is 133 Å². The molecule has 2 heteroatoms. The Bertz CT molecular complexity index is 337. The van der Waals surface area contributed by atoms with E-state index in [-0.39, 0.29) is 12.4 Å². The van der Waals surface area contributed by atoms with Gasteiger partial charge >= 0.3 is 122 Å². The maximum Gasteiger partial charge on any atom is -1.00 e. The number of rotatable bonds is 4. The molecule has 2 aliphatic carbocycles. The molecular weight excluding hydrogens is 317 g/mol. The van der Waals surface area contributed by atoms with Gasteiger partial charge in [-0.2, -0.15) is 0 Å². The molecule has 0 N–H and O–H groups in total. The first-order valence-electron chi connectivity index (χ1n) is 6.62. The van der Waals surface area contributed by atoms with Crippen molar-refractivity contribution in [1.82, 2.24) is 0 Å². The van der Waals surface area contributed by atoms with Crippen LogP contribution in [0.25, 0.3) is 0 Å². The second kappa shape index (κ2) is 6.20. The second-order valence-electron chi connectivity index (χ2n) is 5.89. The molecule has 0 aromatic carbocycles. The summed E-state index contributed by atoms with van der Waals surface area (Å²) in [4.78, 5) is 0. The fourth-order valence-electron chi connectivity index (χ4n) is 2.73. The number of allylic oxidation sites excluding steroid dienone is 8. The zero-order chi connectivity index (χ0) is 12.5. The van der Waals surface area contributed by atoms with E-state index in [1.807, 2.05) is 0 Å². The third kappa shape index (κ3) is 2.92. The standard InChI is InChI=1S/2C8H11.ClH.Y/c2*1-7(2)8-5-3-4-6-8;;/h2*3-7H,1-2H3;1H;/q;;;+1/p-1. The molecule has 0 atom stereocenters. The minimum Gasteiger partial charge on any atom is -1.00 e. The molecule has 2 rings (SSSR count). The molecule has 2 aliphatic rings. The van der Waals surface area contributed by atoms with Crippen molar-refractivity contribution in [2.24, 2.45) is 11.8 Å². The van der Waals surface area contributed by atoms with E-state index in [1.54, 1.807) is 0 Å². The predicted molar refractivity (Wildman–Crippen MR) is 71.6 cm³/mol. The fourth-order valence-corrected chi connectivity index (χ4v) is 8.53. The van der Waals surface area contributed by atoms with Gasteiger partial charge in [0.15, 0.2) is 0 Å². The Morgan fingerprint density at radius 3 is 1.17 bits per heavy atom. The summed E-state index contributed by atoms with van der Waals surface area (Å²) in [7, 11) is 0. The molecule has 0 fully saturated rings. The maximum atomic E-state index is 2.48. The third-order valence-electron chi connectivity index (χ3n) is 4.26. The molecule has 0 spiro atoms. The van der Waals surface area contributed by atoms with Gasteiger partial charge in [0.2, 0.25) is 0 Å². The van der Waals surface area contributed by atoms with E-state index in [4.69, 9.17) is 0 Å². The van der Waals surface area contributed by atoms with Crippen LogP contribution in [0.15, 0.2) is 48.6 Å². The molecule has 0 aliphatic heterocycles.